The zero-order valence-electron chi connectivity index (χ0n) is 9.14. The molecule has 1 aliphatic carbocycles. The Hall–Kier alpha value is -1.61. The van der Waals surface area contributed by atoms with E-state index in [1.54, 1.807) is 7.11 Å². The van der Waals surface area contributed by atoms with E-state index in [4.69, 9.17) is 4.74 Å². The number of hydrogen-bond acceptors (Lipinski definition) is 3. The molecule has 0 radical (unpaired) electrons. The Morgan fingerprint density at radius 3 is 3.00 bits per heavy atom. The zero-order chi connectivity index (χ0) is 11.5. The molecule has 0 amide bonds. The Morgan fingerprint density at radius 2 is 2.38 bits per heavy atom. The largest absolute Gasteiger partial charge is 0.496 e. The van der Waals surface area contributed by atoms with Gasteiger partial charge in [-0.05, 0) is 29.7 Å². The van der Waals surface area contributed by atoms with Crippen LogP contribution in [0.2, 0.25) is 0 Å². The maximum Gasteiger partial charge on any atom is 0.146 e. The van der Waals surface area contributed by atoms with E-state index in [2.05, 4.69) is 0 Å². The first-order valence-electron chi connectivity index (χ1n) is 5.23. The van der Waals surface area contributed by atoms with Gasteiger partial charge < -0.3 is 9.84 Å². The predicted molar refractivity (Wildman–Crippen MR) is 61.3 cm³/mol. The fraction of sp³-hybridized carbons (Fsp3) is 0.308. The lowest BCUT2D eigenvalue weighted by atomic mass is 9.84. The van der Waals surface area contributed by atoms with Gasteiger partial charge in [-0.2, -0.15) is 0 Å². The Morgan fingerprint density at radius 1 is 1.56 bits per heavy atom. The molecule has 3 heteroatoms. The first-order valence-corrected chi connectivity index (χ1v) is 5.23. The third-order valence-corrected chi connectivity index (χ3v) is 2.99. The van der Waals surface area contributed by atoms with Gasteiger partial charge in [-0.25, -0.2) is 0 Å². The first-order chi connectivity index (χ1) is 7.80. The molecule has 1 N–H and O–H groups in total. The number of aldehydes is 1. The van der Waals surface area contributed by atoms with Crippen LogP contribution >= 0.6 is 0 Å². The first kappa shape index (κ1) is 10.9. The van der Waals surface area contributed by atoms with Crippen LogP contribution in [0.25, 0.3) is 6.08 Å². The van der Waals surface area contributed by atoms with Crippen LogP contribution in [0.15, 0.2) is 23.8 Å². The minimum Gasteiger partial charge on any atom is -0.496 e. The number of rotatable bonds is 3. The van der Waals surface area contributed by atoms with Crippen molar-refractivity contribution in [3.05, 3.63) is 34.9 Å². The molecule has 0 saturated heterocycles. The molecule has 1 aliphatic rings. The van der Waals surface area contributed by atoms with E-state index in [-0.39, 0.29) is 12.5 Å². The summed E-state index contributed by atoms with van der Waals surface area (Å²) in [6.07, 6.45) is 3.30. The average Bonchev–Trinajstić information content (AvgIpc) is 2.36. The van der Waals surface area contributed by atoms with E-state index in [0.717, 1.165) is 23.2 Å². The number of hydrogen-bond donors (Lipinski definition) is 1. The molecule has 1 aromatic carbocycles. The van der Waals surface area contributed by atoms with Gasteiger partial charge >= 0.3 is 0 Å². The smallest absolute Gasteiger partial charge is 0.146 e. The summed E-state index contributed by atoms with van der Waals surface area (Å²) in [4.78, 5) is 10.9. The molecule has 84 valence electrons. The lowest BCUT2D eigenvalue weighted by molar-refractivity contribution is -0.105. The molecule has 0 aliphatic heterocycles. The summed E-state index contributed by atoms with van der Waals surface area (Å²) in [5, 5.41) is 9.24. The summed E-state index contributed by atoms with van der Waals surface area (Å²) in [7, 11) is 1.63. The van der Waals surface area contributed by atoms with Crippen LogP contribution in [-0.4, -0.2) is 25.1 Å². The monoisotopic (exact) mass is 218 g/mol. The molecule has 0 spiro atoms. The fourth-order valence-electron chi connectivity index (χ4n) is 2.09. The Balaban J connectivity index is 2.50. The molecule has 0 fully saturated rings. The molecule has 0 heterocycles. The molecular weight excluding hydrogens is 204 g/mol. The van der Waals surface area contributed by atoms with E-state index >= 15 is 0 Å². The van der Waals surface area contributed by atoms with Crippen LogP contribution in [0.1, 0.15) is 11.1 Å². The second-order valence-corrected chi connectivity index (χ2v) is 3.87. The third-order valence-electron chi connectivity index (χ3n) is 2.99. The van der Waals surface area contributed by atoms with E-state index in [1.807, 2.05) is 24.3 Å². The number of ether oxygens (including phenoxy) is 1. The Labute approximate surface area is 94.4 Å². The van der Waals surface area contributed by atoms with Gasteiger partial charge in [0.25, 0.3) is 0 Å². The van der Waals surface area contributed by atoms with Gasteiger partial charge in [-0.3, -0.25) is 4.79 Å². The molecule has 2 rings (SSSR count). The second kappa shape index (κ2) is 4.49. The van der Waals surface area contributed by atoms with Gasteiger partial charge in [-0.1, -0.05) is 12.1 Å². The zero-order valence-corrected chi connectivity index (χ0v) is 9.14. The number of fused-ring (bicyclic) bond motifs is 1. The Bertz CT molecular complexity index is 435. The van der Waals surface area contributed by atoms with Crippen molar-refractivity contribution in [2.24, 2.45) is 5.92 Å². The highest BCUT2D eigenvalue weighted by molar-refractivity contribution is 5.84. The van der Waals surface area contributed by atoms with Gasteiger partial charge in [0.05, 0.1) is 13.7 Å². The Kier molecular flexibility index (Phi) is 3.06. The molecule has 1 unspecified atom stereocenters. The van der Waals surface area contributed by atoms with Gasteiger partial charge in [0, 0.05) is 11.5 Å². The van der Waals surface area contributed by atoms with E-state index in [0.29, 0.717) is 12.0 Å². The summed E-state index contributed by atoms with van der Waals surface area (Å²) in [5.74, 6) is 0.707. The molecule has 3 nitrogen and oxygen atoms in total. The SMILES string of the molecule is COc1cccc2c1CC(CO)C(C=O)=C2. The van der Waals surface area contributed by atoms with Crippen molar-refractivity contribution < 1.29 is 14.6 Å². The average molecular weight is 218 g/mol. The van der Waals surface area contributed by atoms with Crippen LogP contribution in [0.4, 0.5) is 0 Å². The standard InChI is InChI=1S/C13H14O3/c1-16-13-4-2-3-9-5-10(7-14)11(8-15)6-12(9)13/h2-5,7,11,15H,6,8H2,1H3. The number of methoxy groups -OCH3 is 1. The van der Waals surface area contributed by atoms with Crippen LogP contribution in [0, 0.1) is 5.92 Å². The second-order valence-electron chi connectivity index (χ2n) is 3.87. The maximum atomic E-state index is 10.9. The van der Waals surface area contributed by atoms with E-state index < -0.39 is 0 Å². The molecule has 1 atom stereocenters. The quantitative estimate of drug-likeness (QED) is 0.781. The molecule has 0 saturated carbocycles. The summed E-state index contributed by atoms with van der Waals surface area (Å²) in [6.45, 7) is -0.0118. The highest BCUT2D eigenvalue weighted by Gasteiger charge is 2.22. The highest BCUT2D eigenvalue weighted by atomic mass is 16.5. The fourth-order valence-corrected chi connectivity index (χ4v) is 2.09. The number of aliphatic hydroxyl groups excluding tert-OH is 1. The number of benzene rings is 1. The molecule has 16 heavy (non-hydrogen) atoms. The maximum absolute atomic E-state index is 10.9. The van der Waals surface area contributed by atoms with Gasteiger partial charge in [-0.15, -0.1) is 0 Å². The number of aliphatic hydroxyl groups is 1. The normalized spacial score (nSPS) is 18.6. The van der Waals surface area contributed by atoms with Crippen LogP contribution in [-0.2, 0) is 11.2 Å². The van der Waals surface area contributed by atoms with Crippen LogP contribution in [0.5, 0.6) is 5.75 Å². The van der Waals surface area contributed by atoms with Crippen molar-refractivity contribution in [2.45, 2.75) is 6.42 Å². The topological polar surface area (TPSA) is 46.5 Å². The summed E-state index contributed by atoms with van der Waals surface area (Å²) >= 11 is 0. The number of carbonyl (C=O) groups excluding carboxylic acids is 1. The summed E-state index contributed by atoms with van der Waals surface area (Å²) < 4.78 is 5.28. The number of carbonyl (C=O) groups is 1. The van der Waals surface area contributed by atoms with Crippen LogP contribution < -0.4 is 4.74 Å². The minimum absolute atomic E-state index is 0.0118. The molecule has 0 bridgehead atoms. The third kappa shape index (κ3) is 1.74. The van der Waals surface area contributed by atoms with Crippen molar-refractivity contribution in [1.82, 2.24) is 0 Å². The lowest BCUT2D eigenvalue weighted by Crippen LogP contribution is -2.18. The van der Waals surface area contributed by atoms with E-state index in [1.165, 1.54) is 0 Å². The van der Waals surface area contributed by atoms with Crippen molar-refractivity contribution in [1.29, 1.82) is 0 Å². The molecular formula is C13H14O3. The van der Waals surface area contributed by atoms with Crippen molar-refractivity contribution >= 4 is 12.4 Å². The highest BCUT2D eigenvalue weighted by Crippen LogP contribution is 2.33. The van der Waals surface area contributed by atoms with Crippen molar-refractivity contribution in [3.8, 4) is 5.75 Å². The van der Waals surface area contributed by atoms with E-state index in [9.17, 15) is 9.90 Å². The summed E-state index contributed by atoms with van der Waals surface area (Å²) in [6, 6.07) is 5.75. The van der Waals surface area contributed by atoms with Crippen molar-refractivity contribution in [3.63, 3.8) is 0 Å². The minimum atomic E-state index is -0.110. The molecule has 1 aromatic rings. The predicted octanol–water partition coefficient (Wildman–Crippen LogP) is 1.44. The van der Waals surface area contributed by atoms with Gasteiger partial charge in [0.1, 0.15) is 12.0 Å². The van der Waals surface area contributed by atoms with Crippen molar-refractivity contribution in [2.75, 3.05) is 13.7 Å². The molecule has 0 aromatic heterocycles. The van der Waals surface area contributed by atoms with Gasteiger partial charge in [0.15, 0.2) is 0 Å². The van der Waals surface area contributed by atoms with Crippen LogP contribution in [0.3, 0.4) is 0 Å². The summed E-state index contributed by atoms with van der Waals surface area (Å²) in [5.41, 5.74) is 2.73. The lowest BCUT2D eigenvalue weighted by Gasteiger charge is -2.23. The van der Waals surface area contributed by atoms with Gasteiger partial charge in [0.2, 0.25) is 0 Å².